The molecule has 2 aromatic heterocycles. The van der Waals surface area contributed by atoms with Crippen molar-refractivity contribution in [2.75, 3.05) is 5.73 Å². The van der Waals surface area contributed by atoms with Gasteiger partial charge in [-0.1, -0.05) is 22.8 Å². The van der Waals surface area contributed by atoms with Crippen LogP contribution in [0.5, 0.6) is 0 Å². The van der Waals surface area contributed by atoms with Gasteiger partial charge in [-0.15, -0.1) is 11.3 Å². The molecule has 2 heterocycles. The third kappa shape index (κ3) is 2.52. The van der Waals surface area contributed by atoms with Crippen LogP contribution < -0.4 is 5.73 Å². The number of hydrogen-bond donors (Lipinski definition) is 1. The van der Waals surface area contributed by atoms with E-state index in [0.717, 1.165) is 4.88 Å². The van der Waals surface area contributed by atoms with Crippen molar-refractivity contribution in [3.63, 3.8) is 0 Å². The van der Waals surface area contributed by atoms with Crippen molar-refractivity contribution >= 4 is 27.9 Å². The Hall–Kier alpha value is -1.92. The molecule has 0 spiro atoms. The molecular formula is C13H9ClFN3OS. The van der Waals surface area contributed by atoms with Gasteiger partial charge in [0, 0.05) is 17.0 Å². The topological polar surface area (TPSA) is 64.9 Å². The lowest BCUT2D eigenvalue weighted by Gasteiger charge is -2.01. The number of aromatic nitrogens is 2. The number of anilines is 1. The zero-order chi connectivity index (χ0) is 14.1. The minimum atomic E-state index is -0.385. The molecule has 0 aliphatic carbocycles. The number of nitrogen functional groups attached to an aromatic ring is 1. The van der Waals surface area contributed by atoms with Gasteiger partial charge in [-0.2, -0.15) is 4.98 Å². The van der Waals surface area contributed by atoms with Gasteiger partial charge in [-0.3, -0.25) is 0 Å². The fourth-order valence-corrected chi connectivity index (χ4v) is 2.68. The molecule has 2 N–H and O–H groups in total. The van der Waals surface area contributed by atoms with Crippen molar-refractivity contribution in [2.45, 2.75) is 6.42 Å². The van der Waals surface area contributed by atoms with Gasteiger partial charge >= 0.3 is 0 Å². The molecule has 0 saturated heterocycles. The summed E-state index contributed by atoms with van der Waals surface area (Å²) in [6.45, 7) is 0. The third-order valence-electron chi connectivity index (χ3n) is 2.70. The van der Waals surface area contributed by atoms with E-state index in [2.05, 4.69) is 10.1 Å². The number of benzene rings is 1. The van der Waals surface area contributed by atoms with Crippen molar-refractivity contribution < 1.29 is 8.91 Å². The number of nitrogens with two attached hydrogens (primary N) is 1. The van der Waals surface area contributed by atoms with Crippen LogP contribution in [0.25, 0.3) is 10.8 Å². The zero-order valence-corrected chi connectivity index (χ0v) is 11.7. The Labute approximate surface area is 123 Å². The number of rotatable bonds is 3. The summed E-state index contributed by atoms with van der Waals surface area (Å²) in [5, 5.41) is 4.84. The first-order chi connectivity index (χ1) is 9.63. The van der Waals surface area contributed by atoms with Gasteiger partial charge in [0.25, 0.3) is 5.89 Å². The highest BCUT2D eigenvalue weighted by atomic mass is 35.5. The predicted octanol–water partition coefficient (Wildman–Crippen LogP) is 3.76. The molecule has 0 atom stereocenters. The van der Waals surface area contributed by atoms with E-state index < -0.39 is 0 Å². The van der Waals surface area contributed by atoms with Crippen LogP contribution in [-0.4, -0.2) is 10.1 Å². The summed E-state index contributed by atoms with van der Waals surface area (Å²) in [6.07, 6.45) is 0.176. The number of nitrogens with zero attached hydrogens (tertiary/aromatic N) is 2. The fourth-order valence-electron chi connectivity index (χ4n) is 1.75. The van der Waals surface area contributed by atoms with E-state index in [1.165, 1.54) is 17.4 Å². The maximum atomic E-state index is 13.7. The van der Waals surface area contributed by atoms with Crippen molar-refractivity contribution in [3.8, 4) is 10.8 Å². The molecule has 1 aromatic carbocycles. The van der Waals surface area contributed by atoms with Crippen molar-refractivity contribution in [2.24, 2.45) is 0 Å². The molecule has 0 radical (unpaired) electrons. The molecule has 0 bridgehead atoms. The summed E-state index contributed by atoms with van der Waals surface area (Å²) in [5.41, 5.74) is 6.00. The van der Waals surface area contributed by atoms with Gasteiger partial charge < -0.3 is 10.3 Å². The molecule has 3 rings (SSSR count). The Kier molecular flexibility index (Phi) is 3.42. The summed E-state index contributed by atoms with van der Waals surface area (Å²) in [4.78, 5) is 5.00. The molecule has 0 aliphatic rings. The highest BCUT2D eigenvalue weighted by molar-refractivity contribution is 7.19. The van der Waals surface area contributed by atoms with E-state index in [-0.39, 0.29) is 12.2 Å². The molecule has 0 fully saturated rings. The van der Waals surface area contributed by atoms with E-state index in [1.54, 1.807) is 24.3 Å². The number of thiophene rings is 1. The lowest BCUT2D eigenvalue weighted by atomic mass is 10.1. The standard InChI is InChI=1S/C13H9ClFN3OS/c14-8-2-1-3-9(15)7(8)6-12-17-13(19-18-12)10-4-5-11(16)20-10/h1-5H,6,16H2. The Morgan fingerprint density at radius 1 is 1.30 bits per heavy atom. The van der Waals surface area contributed by atoms with Crippen LogP contribution in [0.1, 0.15) is 11.4 Å². The SMILES string of the molecule is Nc1ccc(-c2nc(Cc3c(F)cccc3Cl)no2)s1. The average molecular weight is 310 g/mol. The van der Waals surface area contributed by atoms with Crippen LogP contribution in [0, 0.1) is 5.82 Å². The summed E-state index contributed by atoms with van der Waals surface area (Å²) in [7, 11) is 0. The minimum absolute atomic E-state index is 0.176. The van der Waals surface area contributed by atoms with E-state index in [9.17, 15) is 4.39 Å². The highest BCUT2D eigenvalue weighted by Gasteiger charge is 2.14. The lowest BCUT2D eigenvalue weighted by Crippen LogP contribution is -1.95. The molecular weight excluding hydrogens is 301 g/mol. The van der Waals surface area contributed by atoms with Gasteiger partial charge in [0.15, 0.2) is 5.82 Å². The predicted molar refractivity (Wildman–Crippen MR) is 76.2 cm³/mol. The first-order valence-electron chi connectivity index (χ1n) is 5.74. The Morgan fingerprint density at radius 2 is 2.15 bits per heavy atom. The number of halogens is 2. The second kappa shape index (κ2) is 5.22. The first-order valence-corrected chi connectivity index (χ1v) is 6.94. The van der Waals surface area contributed by atoms with E-state index in [0.29, 0.717) is 27.3 Å². The lowest BCUT2D eigenvalue weighted by molar-refractivity contribution is 0.424. The van der Waals surface area contributed by atoms with E-state index >= 15 is 0 Å². The minimum Gasteiger partial charge on any atom is -0.391 e. The van der Waals surface area contributed by atoms with E-state index in [4.69, 9.17) is 21.9 Å². The van der Waals surface area contributed by atoms with Crippen LogP contribution in [0.3, 0.4) is 0 Å². The van der Waals surface area contributed by atoms with Crippen molar-refractivity contribution in [1.29, 1.82) is 0 Å². The van der Waals surface area contributed by atoms with Gasteiger partial charge in [0.2, 0.25) is 0 Å². The summed E-state index contributed by atoms with van der Waals surface area (Å²) in [5.74, 6) is 0.359. The van der Waals surface area contributed by atoms with Crippen molar-refractivity contribution in [3.05, 3.63) is 52.6 Å². The highest BCUT2D eigenvalue weighted by Crippen LogP contribution is 2.29. The monoisotopic (exact) mass is 309 g/mol. The van der Waals surface area contributed by atoms with Crippen LogP contribution in [0.15, 0.2) is 34.9 Å². The molecule has 3 aromatic rings. The summed E-state index contributed by atoms with van der Waals surface area (Å²) in [6, 6.07) is 8.09. The van der Waals surface area contributed by atoms with Crippen molar-refractivity contribution in [1.82, 2.24) is 10.1 Å². The molecule has 4 nitrogen and oxygen atoms in total. The summed E-state index contributed by atoms with van der Waals surface area (Å²) >= 11 is 7.31. The fraction of sp³-hybridized carbons (Fsp3) is 0.0769. The second-order valence-corrected chi connectivity index (χ2v) is 5.62. The smallest absolute Gasteiger partial charge is 0.268 e. The number of hydrogen-bond acceptors (Lipinski definition) is 5. The maximum absolute atomic E-state index is 13.7. The van der Waals surface area contributed by atoms with Crippen LogP contribution in [0.2, 0.25) is 5.02 Å². The third-order valence-corrected chi connectivity index (χ3v) is 3.96. The van der Waals surface area contributed by atoms with Gasteiger partial charge in [-0.05, 0) is 24.3 Å². The molecule has 0 unspecified atom stereocenters. The largest absolute Gasteiger partial charge is 0.391 e. The summed E-state index contributed by atoms with van der Waals surface area (Å²) < 4.78 is 18.8. The van der Waals surface area contributed by atoms with E-state index in [1.807, 2.05) is 0 Å². The maximum Gasteiger partial charge on any atom is 0.268 e. The van der Waals surface area contributed by atoms with Crippen LogP contribution in [-0.2, 0) is 6.42 Å². The molecule has 0 aliphatic heterocycles. The quantitative estimate of drug-likeness (QED) is 0.800. The Bertz CT molecular complexity index is 735. The molecule has 0 amide bonds. The van der Waals surface area contributed by atoms with Crippen LogP contribution in [0.4, 0.5) is 9.39 Å². The van der Waals surface area contributed by atoms with Gasteiger partial charge in [0.1, 0.15) is 5.82 Å². The Morgan fingerprint density at radius 3 is 2.85 bits per heavy atom. The van der Waals surface area contributed by atoms with Crippen LogP contribution >= 0.6 is 22.9 Å². The van der Waals surface area contributed by atoms with Gasteiger partial charge in [0.05, 0.1) is 9.88 Å². The second-order valence-electron chi connectivity index (χ2n) is 4.09. The molecule has 102 valence electrons. The Balaban J connectivity index is 1.88. The zero-order valence-electron chi connectivity index (χ0n) is 10.1. The first kappa shape index (κ1) is 13.1. The average Bonchev–Trinajstić information content (AvgIpc) is 3.03. The molecule has 20 heavy (non-hydrogen) atoms. The molecule has 7 heteroatoms. The van der Waals surface area contributed by atoms with Gasteiger partial charge in [-0.25, -0.2) is 4.39 Å². The normalized spacial score (nSPS) is 10.9. The molecule has 0 saturated carbocycles.